The molecule has 1 heterocycles. The van der Waals surface area contributed by atoms with Crippen LogP contribution in [0, 0.1) is 0 Å². The molecular weight excluding hydrogens is 380 g/mol. The molecular formula is C28H26N2O. The Balaban J connectivity index is 1.46. The largest absolute Gasteiger partial charge is 0.295 e. The molecule has 3 aromatic rings. The molecule has 3 heteroatoms. The zero-order valence-corrected chi connectivity index (χ0v) is 17.6. The van der Waals surface area contributed by atoms with Gasteiger partial charge in [-0.2, -0.15) is 5.10 Å². The number of allylic oxidation sites excluding steroid dienone is 1. The van der Waals surface area contributed by atoms with Crippen LogP contribution in [0.4, 0.5) is 5.69 Å². The van der Waals surface area contributed by atoms with E-state index in [9.17, 15) is 4.79 Å². The fourth-order valence-electron chi connectivity index (χ4n) is 4.47. The molecule has 1 saturated carbocycles. The highest BCUT2D eigenvalue weighted by Gasteiger charge is 2.29. The van der Waals surface area contributed by atoms with Crippen LogP contribution in [0.3, 0.4) is 0 Å². The van der Waals surface area contributed by atoms with Gasteiger partial charge >= 0.3 is 0 Å². The van der Waals surface area contributed by atoms with E-state index in [1.165, 1.54) is 11.1 Å². The SMILES string of the molecule is O=C1CCCC/C1=C\c1ccc(N2N=C(c3ccccc3)C[C@H]2c2ccccc2)cc1. The number of hydrazone groups is 1. The van der Waals surface area contributed by atoms with E-state index in [2.05, 4.69) is 89.9 Å². The first kappa shape index (κ1) is 19.5. The van der Waals surface area contributed by atoms with Crippen LogP contribution >= 0.6 is 0 Å². The standard InChI is InChI=1S/C28H26N2O/c31-28-14-8-7-13-24(28)19-21-15-17-25(18-16-21)30-27(23-11-5-2-6-12-23)20-26(29-30)22-9-3-1-4-10-22/h1-6,9-12,15-19,27H,7-8,13-14,20H2/b24-19+/t27-/m0/s1. The summed E-state index contributed by atoms with van der Waals surface area (Å²) in [5.74, 6) is 0.302. The Bertz CT molecular complexity index is 1110. The summed E-state index contributed by atoms with van der Waals surface area (Å²) < 4.78 is 0. The van der Waals surface area contributed by atoms with Gasteiger partial charge < -0.3 is 0 Å². The first-order valence-electron chi connectivity index (χ1n) is 11.1. The van der Waals surface area contributed by atoms with Gasteiger partial charge in [-0.1, -0.05) is 72.8 Å². The number of nitrogens with zero attached hydrogens (tertiary/aromatic N) is 2. The Morgan fingerprint density at radius 2 is 1.48 bits per heavy atom. The number of carbonyl (C=O) groups excluding carboxylic acids is 1. The fraction of sp³-hybridized carbons (Fsp3) is 0.214. The molecule has 31 heavy (non-hydrogen) atoms. The molecule has 0 spiro atoms. The van der Waals surface area contributed by atoms with Crippen LogP contribution in [0.5, 0.6) is 0 Å². The summed E-state index contributed by atoms with van der Waals surface area (Å²) in [6.45, 7) is 0. The maximum Gasteiger partial charge on any atom is 0.158 e. The van der Waals surface area contributed by atoms with Crippen LogP contribution in [0.2, 0.25) is 0 Å². The molecule has 0 amide bonds. The lowest BCUT2D eigenvalue weighted by Crippen LogP contribution is -2.18. The normalized spacial score (nSPS) is 20.2. The third kappa shape index (κ3) is 4.22. The Hall–Kier alpha value is -3.46. The quantitative estimate of drug-likeness (QED) is 0.459. The van der Waals surface area contributed by atoms with Gasteiger partial charge in [-0.15, -0.1) is 0 Å². The highest BCUT2D eigenvalue weighted by Crippen LogP contribution is 2.37. The van der Waals surface area contributed by atoms with Crippen molar-refractivity contribution in [1.82, 2.24) is 0 Å². The lowest BCUT2D eigenvalue weighted by Gasteiger charge is -2.24. The average Bonchev–Trinajstić information content (AvgIpc) is 3.28. The van der Waals surface area contributed by atoms with Crippen molar-refractivity contribution in [3.05, 3.63) is 107 Å². The maximum absolute atomic E-state index is 12.2. The van der Waals surface area contributed by atoms with Crippen molar-refractivity contribution in [1.29, 1.82) is 0 Å². The molecule has 1 fully saturated rings. The van der Waals surface area contributed by atoms with Gasteiger partial charge in [0.15, 0.2) is 5.78 Å². The van der Waals surface area contributed by atoms with Gasteiger partial charge in [0.2, 0.25) is 0 Å². The Labute approximate surface area is 183 Å². The van der Waals surface area contributed by atoms with Crippen molar-refractivity contribution < 1.29 is 4.79 Å². The number of hydrogen-bond acceptors (Lipinski definition) is 3. The second-order valence-electron chi connectivity index (χ2n) is 8.28. The van der Waals surface area contributed by atoms with Gasteiger partial charge in [-0.3, -0.25) is 9.80 Å². The number of anilines is 1. The summed E-state index contributed by atoms with van der Waals surface area (Å²) in [7, 11) is 0. The van der Waals surface area contributed by atoms with E-state index in [1.54, 1.807) is 0 Å². The molecule has 2 aliphatic rings. The topological polar surface area (TPSA) is 32.7 Å². The molecule has 0 saturated heterocycles. The molecule has 0 unspecified atom stereocenters. The molecule has 0 N–H and O–H groups in total. The number of ketones is 1. The van der Waals surface area contributed by atoms with Crippen molar-refractivity contribution in [2.45, 2.75) is 38.1 Å². The summed E-state index contributed by atoms with van der Waals surface area (Å²) in [6.07, 6.45) is 6.64. The lowest BCUT2D eigenvalue weighted by atomic mass is 9.92. The third-order valence-electron chi connectivity index (χ3n) is 6.16. The monoisotopic (exact) mass is 406 g/mol. The van der Waals surface area contributed by atoms with Gasteiger partial charge in [0.1, 0.15) is 0 Å². The predicted molar refractivity (Wildman–Crippen MR) is 127 cm³/mol. The summed E-state index contributed by atoms with van der Waals surface area (Å²) in [4.78, 5) is 12.2. The summed E-state index contributed by atoms with van der Waals surface area (Å²) in [6, 6.07) is 29.6. The molecule has 3 aromatic carbocycles. The van der Waals surface area contributed by atoms with Crippen LogP contribution in [-0.4, -0.2) is 11.5 Å². The Morgan fingerprint density at radius 1 is 0.806 bits per heavy atom. The van der Waals surface area contributed by atoms with E-state index < -0.39 is 0 Å². The van der Waals surface area contributed by atoms with Crippen LogP contribution in [0.1, 0.15) is 54.8 Å². The van der Waals surface area contributed by atoms with E-state index in [0.29, 0.717) is 12.2 Å². The first-order chi connectivity index (χ1) is 15.3. The first-order valence-corrected chi connectivity index (χ1v) is 11.1. The van der Waals surface area contributed by atoms with Gasteiger partial charge in [-0.05, 0) is 59.7 Å². The lowest BCUT2D eigenvalue weighted by molar-refractivity contribution is -0.116. The number of carbonyl (C=O) groups is 1. The molecule has 0 aromatic heterocycles. The zero-order chi connectivity index (χ0) is 21.0. The molecule has 154 valence electrons. The molecule has 5 rings (SSSR count). The van der Waals surface area contributed by atoms with Crippen LogP contribution in [-0.2, 0) is 4.79 Å². The van der Waals surface area contributed by atoms with Crippen LogP contribution < -0.4 is 5.01 Å². The van der Waals surface area contributed by atoms with Crippen molar-refractivity contribution in [2.75, 3.05) is 5.01 Å². The summed E-state index contributed by atoms with van der Waals surface area (Å²) in [5, 5.41) is 7.16. The molecule has 1 aliphatic carbocycles. The maximum atomic E-state index is 12.2. The second kappa shape index (κ2) is 8.73. The highest BCUT2D eigenvalue weighted by atomic mass is 16.1. The van der Waals surface area contributed by atoms with E-state index >= 15 is 0 Å². The van der Waals surface area contributed by atoms with Gasteiger partial charge in [0.25, 0.3) is 0 Å². The van der Waals surface area contributed by atoms with Crippen molar-refractivity contribution in [2.24, 2.45) is 5.10 Å². The third-order valence-corrected chi connectivity index (χ3v) is 6.16. The molecule has 0 bridgehead atoms. The van der Waals surface area contributed by atoms with E-state index in [4.69, 9.17) is 5.10 Å². The van der Waals surface area contributed by atoms with E-state index in [0.717, 1.165) is 48.2 Å². The smallest absolute Gasteiger partial charge is 0.158 e. The fourth-order valence-corrected chi connectivity index (χ4v) is 4.47. The van der Waals surface area contributed by atoms with Gasteiger partial charge in [0, 0.05) is 12.8 Å². The number of Topliss-reactive ketones (excluding diaryl/α,β-unsaturated/α-hetero) is 1. The number of rotatable bonds is 4. The Kier molecular flexibility index (Phi) is 5.49. The van der Waals surface area contributed by atoms with Gasteiger partial charge in [-0.25, -0.2) is 0 Å². The minimum atomic E-state index is 0.167. The van der Waals surface area contributed by atoms with Crippen LogP contribution in [0.15, 0.2) is 95.6 Å². The second-order valence-corrected chi connectivity index (χ2v) is 8.28. The summed E-state index contributed by atoms with van der Waals surface area (Å²) >= 11 is 0. The zero-order valence-electron chi connectivity index (χ0n) is 17.6. The molecule has 3 nitrogen and oxygen atoms in total. The minimum absolute atomic E-state index is 0.167. The molecule has 1 aliphatic heterocycles. The van der Waals surface area contributed by atoms with Crippen LogP contribution in [0.25, 0.3) is 6.08 Å². The number of hydrogen-bond donors (Lipinski definition) is 0. The van der Waals surface area contributed by atoms with Gasteiger partial charge in [0.05, 0.1) is 17.4 Å². The van der Waals surface area contributed by atoms with E-state index in [-0.39, 0.29) is 6.04 Å². The van der Waals surface area contributed by atoms with E-state index in [1.807, 2.05) is 6.07 Å². The molecule has 1 atom stereocenters. The molecule has 0 radical (unpaired) electrons. The van der Waals surface area contributed by atoms with Crippen molar-refractivity contribution in [3.8, 4) is 0 Å². The number of benzene rings is 3. The minimum Gasteiger partial charge on any atom is -0.295 e. The van der Waals surface area contributed by atoms with Crippen molar-refractivity contribution >= 4 is 23.3 Å². The highest BCUT2D eigenvalue weighted by molar-refractivity contribution is 6.03. The van der Waals surface area contributed by atoms with Crippen molar-refractivity contribution in [3.63, 3.8) is 0 Å². The Morgan fingerprint density at radius 3 is 2.19 bits per heavy atom. The predicted octanol–water partition coefficient (Wildman–Crippen LogP) is 6.57. The average molecular weight is 407 g/mol. The summed E-state index contributed by atoms with van der Waals surface area (Å²) in [5.41, 5.74) is 6.65.